The lowest BCUT2D eigenvalue weighted by Crippen LogP contribution is -2.03. The van der Waals surface area contributed by atoms with Crippen molar-refractivity contribution in [2.75, 3.05) is 0 Å². The van der Waals surface area contributed by atoms with Gasteiger partial charge in [0, 0.05) is 30.6 Å². The van der Waals surface area contributed by atoms with Gasteiger partial charge in [0.15, 0.2) is 0 Å². The van der Waals surface area contributed by atoms with Gasteiger partial charge in [-0.15, -0.1) is 0 Å². The first-order valence-corrected chi connectivity index (χ1v) is 8.89. The number of hydrogen-bond acceptors (Lipinski definition) is 3. The number of fused-ring (bicyclic) bond motifs is 1. The van der Waals surface area contributed by atoms with Crippen molar-refractivity contribution in [3.8, 4) is 11.4 Å². The van der Waals surface area contributed by atoms with Crippen LogP contribution in [0, 0.1) is 12.7 Å². The molecule has 136 valence electrons. The lowest BCUT2D eigenvalue weighted by atomic mass is 10.1. The number of halogens is 2. The van der Waals surface area contributed by atoms with Crippen LogP contribution in [0.5, 0.6) is 0 Å². The molecule has 0 aliphatic rings. The Morgan fingerprint density at radius 1 is 1.07 bits per heavy atom. The molecular formula is C21H17ClFN3O. The molecule has 0 saturated carbocycles. The molecule has 0 fully saturated rings. The average Bonchev–Trinajstić information content (AvgIpc) is 3.01. The highest BCUT2D eigenvalue weighted by atomic mass is 35.5. The molecule has 0 radical (unpaired) electrons. The molecule has 4 rings (SSSR count). The van der Waals surface area contributed by atoms with Gasteiger partial charge in [-0.2, -0.15) is 0 Å². The molecule has 2 aromatic carbocycles. The zero-order valence-electron chi connectivity index (χ0n) is 14.7. The van der Waals surface area contributed by atoms with E-state index in [2.05, 4.69) is 34.2 Å². The molecule has 0 unspecified atom stereocenters. The van der Waals surface area contributed by atoms with E-state index >= 15 is 0 Å². The topological polar surface area (TPSA) is 50.9 Å². The van der Waals surface area contributed by atoms with Crippen LogP contribution in [0.1, 0.15) is 16.7 Å². The molecule has 0 amide bonds. The third-order valence-electron chi connectivity index (χ3n) is 4.49. The number of benzene rings is 2. The predicted octanol–water partition coefficient (Wildman–Crippen LogP) is 4.74. The third kappa shape index (κ3) is 3.44. The van der Waals surface area contributed by atoms with Crippen LogP contribution in [-0.2, 0) is 13.2 Å². The third-order valence-corrected chi connectivity index (χ3v) is 4.78. The van der Waals surface area contributed by atoms with Crippen LogP contribution in [0.15, 0.2) is 54.9 Å². The summed E-state index contributed by atoms with van der Waals surface area (Å²) in [6.45, 7) is 2.48. The number of imidazole rings is 1. The van der Waals surface area contributed by atoms with Crippen molar-refractivity contribution in [2.45, 2.75) is 20.1 Å². The Labute approximate surface area is 160 Å². The van der Waals surface area contributed by atoms with Gasteiger partial charge in [0.2, 0.25) is 0 Å². The van der Waals surface area contributed by atoms with Gasteiger partial charge in [-0.3, -0.25) is 4.98 Å². The fourth-order valence-electron chi connectivity index (χ4n) is 3.07. The molecule has 2 aromatic heterocycles. The van der Waals surface area contributed by atoms with Crippen LogP contribution in [0.4, 0.5) is 4.39 Å². The largest absolute Gasteiger partial charge is 0.392 e. The Kier molecular flexibility index (Phi) is 4.64. The van der Waals surface area contributed by atoms with Crippen molar-refractivity contribution in [2.24, 2.45) is 0 Å². The SMILES string of the molecule is Cc1ccc(Cn2c(-c3cncc(CO)c3)nc3cc(F)c(Cl)cc32)cc1. The molecule has 6 heteroatoms. The van der Waals surface area contributed by atoms with Crippen molar-refractivity contribution >= 4 is 22.6 Å². The fourth-order valence-corrected chi connectivity index (χ4v) is 3.23. The van der Waals surface area contributed by atoms with Crippen LogP contribution in [0.2, 0.25) is 5.02 Å². The van der Waals surface area contributed by atoms with Crippen molar-refractivity contribution in [1.82, 2.24) is 14.5 Å². The maximum atomic E-state index is 14.0. The van der Waals surface area contributed by atoms with Gasteiger partial charge >= 0.3 is 0 Å². The summed E-state index contributed by atoms with van der Waals surface area (Å²) >= 11 is 6.02. The van der Waals surface area contributed by atoms with E-state index in [0.29, 0.717) is 23.4 Å². The van der Waals surface area contributed by atoms with Gasteiger partial charge in [-0.05, 0) is 30.2 Å². The van der Waals surface area contributed by atoms with E-state index < -0.39 is 5.82 Å². The standard InChI is InChI=1S/C21H17ClFN3O/c1-13-2-4-14(5-3-13)11-26-20-7-17(22)18(23)8-19(20)25-21(26)16-6-15(12-27)9-24-10-16/h2-10,27H,11-12H2,1H3. The maximum Gasteiger partial charge on any atom is 0.144 e. The quantitative estimate of drug-likeness (QED) is 0.555. The molecule has 0 aliphatic heterocycles. The van der Waals surface area contributed by atoms with Gasteiger partial charge in [0.05, 0.1) is 22.7 Å². The number of rotatable bonds is 4. The van der Waals surface area contributed by atoms with E-state index in [-0.39, 0.29) is 11.6 Å². The molecule has 0 saturated heterocycles. The summed E-state index contributed by atoms with van der Waals surface area (Å²) in [6.07, 6.45) is 3.29. The minimum atomic E-state index is -0.502. The van der Waals surface area contributed by atoms with Crippen molar-refractivity contribution in [3.63, 3.8) is 0 Å². The van der Waals surface area contributed by atoms with Crippen LogP contribution in [-0.4, -0.2) is 19.6 Å². The van der Waals surface area contributed by atoms with Crippen molar-refractivity contribution < 1.29 is 9.50 Å². The first kappa shape index (κ1) is 17.6. The second-order valence-corrected chi connectivity index (χ2v) is 6.91. The van der Waals surface area contributed by atoms with Gasteiger partial charge in [-0.1, -0.05) is 41.4 Å². The van der Waals surface area contributed by atoms with E-state index in [9.17, 15) is 9.50 Å². The Morgan fingerprint density at radius 2 is 1.85 bits per heavy atom. The van der Waals surface area contributed by atoms with Crippen LogP contribution in [0.3, 0.4) is 0 Å². The number of aliphatic hydroxyl groups excluding tert-OH is 1. The van der Waals surface area contributed by atoms with Crippen molar-refractivity contribution in [1.29, 1.82) is 0 Å². The Morgan fingerprint density at radius 3 is 2.59 bits per heavy atom. The van der Waals surface area contributed by atoms with Gasteiger partial charge in [-0.25, -0.2) is 9.37 Å². The van der Waals surface area contributed by atoms with Crippen LogP contribution >= 0.6 is 11.6 Å². The molecular weight excluding hydrogens is 365 g/mol. The van der Waals surface area contributed by atoms with Gasteiger partial charge in [0.1, 0.15) is 11.6 Å². The molecule has 4 aromatic rings. The predicted molar refractivity (Wildman–Crippen MR) is 104 cm³/mol. The molecule has 4 nitrogen and oxygen atoms in total. The molecule has 0 spiro atoms. The molecule has 0 aliphatic carbocycles. The summed E-state index contributed by atoms with van der Waals surface area (Å²) in [5.41, 5.74) is 4.97. The minimum absolute atomic E-state index is 0.0568. The smallest absolute Gasteiger partial charge is 0.144 e. The molecule has 0 bridgehead atoms. The highest BCUT2D eigenvalue weighted by Crippen LogP contribution is 2.29. The summed E-state index contributed by atoms with van der Waals surface area (Å²) < 4.78 is 15.9. The highest BCUT2D eigenvalue weighted by Gasteiger charge is 2.16. The summed E-state index contributed by atoms with van der Waals surface area (Å²) in [5, 5.41) is 9.47. The Hall–Kier alpha value is -2.76. The number of aliphatic hydroxyl groups is 1. The van der Waals surface area contributed by atoms with E-state index in [1.54, 1.807) is 18.5 Å². The first-order valence-electron chi connectivity index (χ1n) is 8.51. The Bertz CT molecular complexity index is 1120. The lowest BCUT2D eigenvalue weighted by Gasteiger charge is -2.11. The fraction of sp³-hybridized carbons (Fsp3) is 0.143. The number of aromatic nitrogens is 3. The lowest BCUT2D eigenvalue weighted by molar-refractivity contribution is 0.281. The second kappa shape index (κ2) is 7.10. The highest BCUT2D eigenvalue weighted by molar-refractivity contribution is 6.31. The first-order chi connectivity index (χ1) is 13.0. The molecule has 1 N–H and O–H groups in total. The van der Waals surface area contributed by atoms with Crippen LogP contribution in [0.25, 0.3) is 22.4 Å². The van der Waals surface area contributed by atoms with E-state index in [0.717, 1.165) is 16.6 Å². The van der Waals surface area contributed by atoms with E-state index in [1.807, 2.05) is 17.6 Å². The van der Waals surface area contributed by atoms with Gasteiger partial charge < -0.3 is 9.67 Å². The van der Waals surface area contributed by atoms with Crippen molar-refractivity contribution in [3.05, 3.63) is 82.4 Å². The number of nitrogens with zero attached hydrogens (tertiary/aromatic N) is 3. The molecule has 2 heterocycles. The Balaban J connectivity index is 1.92. The second-order valence-electron chi connectivity index (χ2n) is 6.50. The number of hydrogen-bond donors (Lipinski definition) is 1. The zero-order chi connectivity index (χ0) is 19.0. The molecule has 0 atom stereocenters. The number of aryl methyl sites for hydroxylation is 1. The monoisotopic (exact) mass is 381 g/mol. The minimum Gasteiger partial charge on any atom is -0.392 e. The average molecular weight is 382 g/mol. The van der Waals surface area contributed by atoms with Gasteiger partial charge in [0.25, 0.3) is 0 Å². The van der Waals surface area contributed by atoms with Crippen LogP contribution < -0.4 is 0 Å². The summed E-state index contributed by atoms with van der Waals surface area (Å²) in [6, 6.07) is 13.0. The van der Waals surface area contributed by atoms with E-state index in [1.165, 1.54) is 11.6 Å². The normalized spacial score (nSPS) is 11.3. The summed E-state index contributed by atoms with van der Waals surface area (Å²) in [7, 11) is 0. The van der Waals surface area contributed by atoms with E-state index in [4.69, 9.17) is 11.6 Å². The summed E-state index contributed by atoms with van der Waals surface area (Å²) in [4.78, 5) is 8.80. The summed E-state index contributed by atoms with van der Waals surface area (Å²) in [5.74, 6) is 0.146. The zero-order valence-corrected chi connectivity index (χ0v) is 15.4. The number of pyridine rings is 1. The molecule has 27 heavy (non-hydrogen) atoms. The maximum absolute atomic E-state index is 14.0.